The molecule has 1 unspecified atom stereocenters. The van der Waals surface area contributed by atoms with Gasteiger partial charge in [-0.15, -0.1) is 0 Å². The van der Waals surface area contributed by atoms with Crippen LogP contribution in [0.3, 0.4) is 0 Å². The number of nitriles is 2. The number of nitrogens with zero attached hydrogens (tertiary/aromatic N) is 2. The van der Waals surface area contributed by atoms with Gasteiger partial charge in [0, 0.05) is 12.8 Å². The summed E-state index contributed by atoms with van der Waals surface area (Å²) in [7, 11) is 0. The molecule has 0 spiro atoms. The summed E-state index contributed by atoms with van der Waals surface area (Å²) >= 11 is 0. The molecule has 1 aliphatic rings. The molecular formula is C18H18N2O4. The number of carbonyl (C=O) groups excluding carboxylic acids is 2. The van der Waals surface area contributed by atoms with Gasteiger partial charge in [-0.05, 0) is 49.9 Å². The Morgan fingerprint density at radius 1 is 1.08 bits per heavy atom. The van der Waals surface area contributed by atoms with Crippen LogP contribution < -0.4 is 0 Å². The molecule has 0 aromatic heterocycles. The molecule has 0 heterocycles. The van der Waals surface area contributed by atoms with E-state index < -0.39 is 18.2 Å². The van der Waals surface area contributed by atoms with E-state index >= 15 is 0 Å². The smallest absolute Gasteiger partial charge is 0.341 e. The molecule has 1 aromatic carbocycles. The fourth-order valence-electron chi connectivity index (χ4n) is 2.64. The summed E-state index contributed by atoms with van der Waals surface area (Å²) in [4.78, 5) is 24.0. The predicted molar refractivity (Wildman–Crippen MR) is 83.2 cm³/mol. The van der Waals surface area contributed by atoms with Crippen molar-refractivity contribution in [3.05, 3.63) is 35.4 Å². The average Bonchev–Trinajstić information content (AvgIpc) is 2.61. The van der Waals surface area contributed by atoms with E-state index in [0.29, 0.717) is 31.2 Å². The summed E-state index contributed by atoms with van der Waals surface area (Å²) in [5.41, 5.74) is 0.727. The standard InChI is InChI=1S/C18H18N2O4/c1-12(23-17(21)15-6-2-13(10-19)3-7-15)24-18(22)16-8-4-14(11-20)5-9-16/h2-3,6-7,12,14,16H,4-5,8-9H2,1H3. The van der Waals surface area contributed by atoms with Crippen molar-refractivity contribution >= 4 is 11.9 Å². The number of hydrogen-bond donors (Lipinski definition) is 0. The predicted octanol–water partition coefficient (Wildman–Crippen LogP) is 2.93. The molecule has 0 radical (unpaired) electrons. The van der Waals surface area contributed by atoms with Crippen LogP contribution in [0.2, 0.25) is 0 Å². The van der Waals surface area contributed by atoms with Crippen molar-refractivity contribution in [2.75, 3.05) is 0 Å². The van der Waals surface area contributed by atoms with Gasteiger partial charge in [0.1, 0.15) is 0 Å². The van der Waals surface area contributed by atoms with E-state index in [2.05, 4.69) is 6.07 Å². The van der Waals surface area contributed by atoms with Crippen LogP contribution in [0.5, 0.6) is 0 Å². The minimum atomic E-state index is -0.991. The van der Waals surface area contributed by atoms with Crippen molar-refractivity contribution in [3.8, 4) is 12.1 Å². The van der Waals surface area contributed by atoms with Crippen LogP contribution in [-0.2, 0) is 14.3 Å². The first-order valence-electron chi connectivity index (χ1n) is 7.84. The van der Waals surface area contributed by atoms with E-state index in [1.54, 1.807) is 0 Å². The molecule has 0 aliphatic heterocycles. The third-order valence-corrected chi connectivity index (χ3v) is 4.05. The second-order valence-corrected chi connectivity index (χ2v) is 5.78. The second kappa shape index (κ2) is 8.12. The van der Waals surface area contributed by atoms with Crippen LogP contribution in [0.15, 0.2) is 24.3 Å². The SMILES string of the molecule is CC(OC(=O)c1ccc(C#N)cc1)OC(=O)C1CCC(C#N)CC1. The molecule has 1 fully saturated rings. The first-order valence-corrected chi connectivity index (χ1v) is 7.84. The number of carbonyl (C=O) groups is 2. The number of benzene rings is 1. The van der Waals surface area contributed by atoms with Gasteiger partial charge in [0.15, 0.2) is 0 Å². The number of ether oxygens (including phenoxy) is 2. The first-order chi connectivity index (χ1) is 11.5. The Bertz CT molecular complexity index is 676. The summed E-state index contributed by atoms with van der Waals surface area (Å²) in [6.45, 7) is 1.49. The fraction of sp³-hybridized carbons (Fsp3) is 0.444. The number of esters is 2. The number of rotatable bonds is 4. The second-order valence-electron chi connectivity index (χ2n) is 5.78. The zero-order chi connectivity index (χ0) is 17.5. The van der Waals surface area contributed by atoms with Gasteiger partial charge in [-0.25, -0.2) is 4.79 Å². The van der Waals surface area contributed by atoms with Crippen molar-refractivity contribution in [2.24, 2.45) is 11.8 Å². The molecule has 1 aliphatic carbocycles. The van der Waals surface area contributed by atoms with Crippen LogP contribution in [0.25, 0.3) is 0 Å². The summed E-state index contributed by atoms with van der Waals surface area (Å²) in [6, 6.07) is 10.2. The van der Waals surface area contributed by atoms with Gasteiger partial charge >= 0.3 is 11.9 Å². The minimum absolute atomic E-state index is 0.0145. The summed E-state index contributed by atoms with van der Waals surface area (Å²) in [5.74, 6) is -1.24. The lowest BCUT2D eigenvalue weighted by molar-refractivity contribution is -0.171. The van der Waals surface area contributed by atoms with Crippen LogP contribution in [0.1, 0.15) is 48.5 Å². The normalized spacial score (nSPS) is 21.0. The molecular weight excluding hydrogens is 308 g/mol. The van der Waals surface area contributed by atoms with Crippen LogP contribution >= 0.6 is 0 Å². The maximum atomic E-state index is 12.1. The molecule has 124 valence electrons. The monoisotopic (exact) mass is 326 g/mol. The van der Waals surface area contributed by atoms with Gasteiger partial charge < -0.3 is 9.47 Å². The Kier molecular flexibility index (Phi) is 5.92. The maximum Gasteiger partial charge on any atom is 0.341 e. The van der Waals surface area contributed by atoms with E-state index in [4.69, 9.17) is 20.0 Å². The highest BCUT2D eigenvalue weighted by Gasteiger charge is 2.29. The Morgan fingerprint density at radius 2 is 1.71 bits per heavy atom. The fourth-order valence-corrected chi connectivity index (χ4v) is 2.64. The zero-order valence-corrected chi connectivity index (χ0v) is 13.4. The third-order valence-electron chi connectivity index (χ3n) is 4.05. The van der Waals surface area contributed by atoms with Gasteiger partial charge in [0.25, 0.3) is 0 Å². The molecule has 2 rings (SSSR count). The van der Waals surface area contributed by atoms with Crippen molar-refractivity contribution < 1.29 is 19.1 Å². The highest BCUT2D eigenvalue weighted by Crippen LogP contribution is 2.29. The summed E-state index contributed by atoms with van der Waals surface area (Å²) in [6.07, 6.45) is 1.63. The lowest BCUT2D eigenvalue weighted by atomic mass is 9.83. The molecule has 1 aromatic rings. The lowest BCUT2D eigenvalue weighted by Crippen LogP contribution is -2.28. The molecule has 1 saturated carbocycles. The summed E-state index contributed by atoms with van der Waals surface area (Å²) in [5, 5.41) is 17.6. The molecule has 0 bridgehead atoms. The Morgan fingerprint density at radius 3 is 2.25 bits per heavy atom. The lowest BCUT2D eigenvalue weighted by Gasteiger charge is -2.24. The first kappa shape index (κ1) is 17.5. The van der Waals surface area contributed by atoms with Crippen molar-refractivity contribution in [1.82, 2.24) is 0 Å². The number of hydrogen-bond acceptors (Lipinski definition) is 6. The highest BCUT2D eigenvalue weighted by atomic mass is 16.7. The van der Waals surface area contributed by atoms with E-state index in [1.807, 2.05) is 6.07 Å². The van der Waals surface area contributed by atoms with Crippen molar-refractivity contribution in [1.29, 1.82) is 10.5 Å². The average molecular weight is 326 g/mol. The van der Waals surface area contributed by atoms with Gasteiger partial charge in [-0.2, -0.15) is 10.5 Å². The minimum Gasteiger partial charge on any atom is -0.425 e. The van der Waals surface area contributed by atoms with Crippen molar-refractivity contribution in [2.45, 2.75) is 38.9 Å². The van der Waals surface area contributed by atoms with E-state index in [-0.39, 0.29) is 17.4 Å². The Balaban J connectivity index is 1.83. The van der Waals surface area contributed by atoms with Gasteiger partial charge in [-0.1, -0.05) is 0 Å². The van der Waals surface area contributed by atoms with E-state index in [0.717, 1.165) is 0 Å². The molecule has 0 N–H and O–H groups in total. The maximum absolute atomic E-state index is 12.1. The van der Waals surface area contributed by atoms with Gasteiger partial charge in [-0.3, -0.25) is 4.79 Å². The highest BCUT2D eigenvalue weighted by molar-refractivity contribution is 5.89. The third kappa shape index (κ3) is 4.57. The van der Waals surface area contributed by atoms with Crippen LogP contribution in [0, 0.1) is 34.5 Å². The topological polar surface area (TPSA) is 100 Å². The largest absolute Gasteiger partial charge is 0.425 e. The van der Waals surface area contributed by atoms with Gasteiger partial charge in [0.05, 0.1) is 29.2 Å². The zero-order valence-electron chi connectivity index (χ0n) is 13.4. The Hall–Kier alpha value is -2.86. The molecule has 24 heavy (non-hydrogen) atoms. The quantitative estimate of drug-likeness (QED) is 0.623. The molecule has 6 heteroatoms. The molecule has 0 amide bonds. The molecule has 1 atom stereocenters. The van der Waals surface area contributed by atoms with Crippen LogP contribution in [0.4, 0.5) is 0 Å². The van der Waals surface area contributed by atoms with Gasteiger partial charge in [0.2, 0.25) is 6.29 Å². The molecule has 0 saturated heterocycles. The summed E-state index contributed by atoms with van der Waals surface area (Å²) < 4.78 is 10.3. The molecule has 6 nitrogen and oxygen atoms in total. The van der Waals surface area contributed by atoms with E-state index in [1.165, 1.54) is 31.2 Å². The van der Waals surface area contributed by atoms with Crippen LogP contribution in [-0.4, -0.2) is 18.2 Å². The van der Waals surface area contributed by atoms with Crippen molar-refractivity contribution in [3.63, 3.8) is 0 Å². The van der Waals surface area contributed by atoms with E-state index in [9.17, 15) is 9.59 Å². The Labute approximate surface area is 140 Å².